The molecule has 4 rings (SSSR count). The van der Waals surface area contributed by atoms with E-state index in [0.717, 1.165) is 5.56 Å². The summed E-state index contributed by atoms with van der Waals surface area (Å²) in [5.74, 6) is -12.8. The van der Waals surface area contributed by atoms with Crippen LogP contribution in [0.2, 0.25) is 0 Å². The van der Waals surface area contributed by atoms with E-state index in [2.05, 4.69) is 10.6 Å². The minimum Gasteiger partial charge on any atom is -0.321 e. The van der Waals surface area contributed by atoms with Gasteiger partial charge < -0.3 is 10.6 Å². The molecular weight excluding hydrogens is 383 g/mol. The molecule has 142 valence electrons. The summed E-state index contributed by atoms with van der Waals surface area (Å²) in [6.07, 6.45) is 0. The molecule has 2 aliphatic rings. The van der Waals surface area contributed by atoms with Gasteiger partial charge in [-0.05, 0) is 12.5 Å². The second kappa shape index (κ2) is 6.01. The van der Waals surface area contributed by atoms with Crippen molar-refractivity contribution in [3.8, 4) is 0 Å². The van der Waals surface area contributed by atoms with Gasteiger partial charge in [-0.2, -0.15) is 0 Å². The minimum atomic E-state index is -2.33. The fourth-order valence-corrected chi connectivity index (χ4v) is 3.13. The lowest BCUT2D eigenvalue weighted by Crippen LogP contribution is -2.23. The van der Waals surface area contributed by atoms with Gasteiger partial charge in [-0.25, -0.2) is 22.0 Å². The molecule has 4 nitrogen and oxygen atoms in total. The molecule has 0 atom stereocenters. The van der Waals surface area contributed by atoms with Gasteiger partial charge in [-0.15, -0.1) is 0 Å². The third kappa shape index (κ3) is 2.35. The molecule has 2 N–H and O–H groups in total. The Labute approximate surface area is 154 Å². The van der Waals surface area contributed by atoms with Crippen LogP contribution in [0.15, 0.2) is 35.4 Å². The molecule has 0 spiro atoms. The van der Waals surface area contributed by atoms with Gasteiger partial charge in [0.2, 0.25) is 5.82 Å². The quantitative estimate of drug-likeness (QED) is 0.469. The van der Waals surface area contributed by atoms with Crippen LogP contribution in [0.1, 0.15) is 16.7 Å². The maximum atomic E-state index is 14.2. The van der Waals surface area contributed by atoms with E-state index in [1.165, 1.54) is 0 Å². The van der Waals surface area contributed by atoms with Crippen LogP contribution in [0.3, 0.4) is 0 Å². The highest BCUT2D eigenvalue weighted by Crippen LogP contribution is 2.39. The first-order valence-electron chi connectivity index (χ1n) is 7.92. The number of hydrogen-bond donors (Lipinski definition) is 2. The van der Waals surface area contributed by atoms with Crippen molar-refractivity contribution in [3.63, 3.8) is 0 Å². The van der Waals surface area contributed by atoms with Crippen molar-refractivity contribution in [2.75, 3.05) is 0 Å². The summed E-state index contributed by atoms with van der Waals surface area (Å²) in [5, 5.41) is 4.47. The van der Waals surface area contributed by atoms with E-state index >= 15 is 0 Å². The first-order valence-corrected chi connectivity index (χ1v) is 7.92. The van der Waals surface area contributed by atoms with Crippen molar-refractivity contribution in [3.05, 3.63) is 81.2 Å². The second-order valence-electron chi connectivity index (χ2n) is 6.22. The standard InChI is InChI=1S/C19H9F5N2O2/c1-6-2-4-7(5-3-6)16-8-9(19(28)25-16)17(26-18(8)27)10-11(20)13(22)15(24)14(23)12(10)21/h2-5H,1H3,(H,25,28)(H,26,27). The van der Waals surface area contributed by atoms with Gasteiger partial charge >= 0.3 is 0 Å². The lowest BCUT2D eigenvalue weighted by molar-refractivity contribution is -0.117. The number of carbonyl (C=O) groups excluding carboxylic acids is 2. The average molecular weight is 392 g/mol. The highest BCUT2D eigenvalue weighted by molar-refractivity contribution is 6.30. The molecule has 0 aliphatic carbocycles. The molecule has 0 radical (unpaired) electrons. The summed E-state index contributed by atoms with van der Waals surface area (Å²) in [7, 11) is 0. The van der Waals surface area contributed by atoms with Crippen molar-refractivity contribution in [2.45, 2.75) is 6.92 Å². The van der Waals surface area contributed by atoms with Gasteiger partial charge in [0.05, 0.1) is 28.1 Å². The van der Waals surface area contributed by atoms with E-state index in [9.17, 15) is 31.5 Å². The number of benzene rings is 2. The SMILES string of the molecule is Cc1ccc(C2=C3C(=O)NC(c4c(F)c(F)c(F)c(F)c4F)=C3C(=O)N2)cc1. The summed E-state index contributed by atoms with van der Waals surface area (Å²) in [6.45, 7) is 1.82. The van der Waals surface area contributed by atoms with Crippen molar-refractivity contribution >= 4 is 23.2 Å². The Morgan fingerprint density at radius 2 is 1.07 bits per heavy atom. The Hall–Kier alpha value is -3.49. The molecule has 0 bridgehead atoms. The van der Waals surface area contributed by atoms with Crippen molar-refractivity contribution in [1.29, 1.82) is 0 Å². The van der Waals surface area contributed by atoms with E-state index < -0.39 is 57.7 Å². The number of aryl methyl sites for hydroxylation is 1. The number of hydrogen-bond acceptors (Lipinski definition) is 2. The monoisotopic (exact) mass is 392 g/mol. The number of nitrogens with one attached hydrogen (secondary N) is 2. The molecule has 2 amide bonds. The summed E-state index contributed by atoms with van der Waals surface area (Å²) >= 11 is 0. The number of rotatable bonds is 2. The minimum absolute atomic E-state index is 0.0800. The lowest BCUT2D eigenvalue weighted by atomic mass is 10.0. The summed E-state index contributed by atoms with van der Waals surface area (Å²) in [5.41, 5.74) is -1.42. The predicted molar refractivity (Wildman–Crippen MR) is 87.5 cm³/mol. The topological polar surface area (TPSA) is 58.2 Å². The van der Waals surface area contributed by atoms with Gasteiger partial charge in [0, 0.05) is 0 Å². The van der Waals surface area contributed by atoms with Crippen LogP contribution in [0.5, 0.6) is 0 Å². The van der Waals surface area contributed by atoms with E-state index in [1.807, 2.05) is 6.92 Å². The van der Waals surface area contributed by atoms with Gasteiger partial charge in [0.15, 0.2) is 23.3 Å². The van der Waals surface area contributed by atoms with E-state index in [4.69, 9.17) is 0 Å². The molecular formula is C19H9F5N2O2. The van der Waals surface area contributed by atoms with Gasteiger partial charge in [0.1, 0.15) is 0 Å². The first-order chi connectivity index (χ1) is 13.2. The summed E-state index contributed by atoms with van der Waals surface area (Å²) in [4.78, 5) is 24.8. The van der Waals surface area contributed by atoms with Gasteiger partial charge in [-0.3, -0.25) is 9.59 Å². The molecule has 2 aromatic carbocycles. The molecule has 28 heavy (non-hydrogen) atoms. The fourth-order valence-electron chi connectivity index (χ4n) is 3.13. The van der Waals surface area contributed by atoms with Crippen LogP contribution in [0, 0.1) is 36.0 Å². The average Bonchev–Trinajstić information content (AvgIpc) is 3.18. The van der Waals surface area contributed by atoms with E-state index in [0.29, 0.717) is 5.56 Å². The zero-order valence-electron chi connectivity index (χ0n) is 14.0. The molecule has 0 saturated heterocycles. The van der Waals surface area contributed by atoms with Gasteiger partial charge in [-0.1, -0.05) is 29.8 Å². The Balaban J connectivity index is 1.99. The molecule has 0 fully saturated rings. The third-order valence-corrected chi connectivity index (χ3v) is 4.48. The predicted octanol–water partition coefficient (Wildman–Crippen LogP) is 3.07. The van der Waals surface area contributed by atoms with Crippen LogP contribution < -0.4 is 10.6 Å². The van der Waals surface area contributed by atoms with Crippen molar-refractivity contribution in [1.82, 2.24) is 10.6 Å². The molecule has 2 aromatic rings. The van der Waals surface area contributed by atoms with E-state index in [1.54, 1.807) is 24.3 Å². The van der Waals surface area contributed by atoms with E-state index in [-0.39, 0.29) is 11.3 Å². The largest absolute Gasteiger partial charge is 0.321 e. The normalized spacial score (nSPS) is 15.9. The Morgan fingerprint density at radius 1 is 0.643 bits per heavy atom. The molecule has 2 heterocycles. The van der Waals surface area contributed by atoms with Crippen molar-refractivity contribution in [2.24, 2.45) is 0 Å². The van der Waals surface area contributed by atoms with Crippen LogP contribution in [-0.2, 0) is 9.59 Å². The summed E-state index contributed by atoms with van der Waals surface area (Å²) < 4.78 is 68.8. The zero-order chi connectivity index (χ0) is 20.3. The van der Waals surface area contributed by atoms with Crippen LogP contribution in [-0.4, -0.2) is 11.8 Å². The molecule has 2 aliphatic heterocycles. The van der Waals surface area contributed by atoms with Crippen molar-refractivity contribution < 1.29 is 31.5 Å². The van der Waals surface area contributed by atoms with Crippen LogP contribution in [0.25, 0.3) is 11.4 Å². The van der Waals surface area contributed by atoms with Crippen LogP contribution in [0.4, 0.5) is 22.0 Å². The Morgan fingerprint density at radius 3 is 1.61 bits per heavy atom. The van der Waals surface area contributed by atoms with Gasteiger partial charge in [0.25, 0.3) is 11.8 Å². The lowest BCUT2D eigenvalue weighted by Gasteiger charge is -2.11. The highest BCUT2D eigenvalue weighted by Gasteiger charge is 2.43. The number of halogens is 5. The molecule has 9 heteroatoms. The molecule has 0 unspecified atom stereocenters. The second-order valence-corrected chi connectivity index (χ2v) is 6.22. The smallest absolute Gasteiger partial charge is 0.258 e. The zero-order valence-corrected chi connectivity index (χ0v) is 14.0. The maximum absolute atomic E-state index is 14.2. The third-order valence-electron chi connectivity index (χ3n) is 4.48. The highest BCUT2D eigenvalue weighted by atomic mass is 19.2. The Kier molecular flexibility index (Phi) is 3.84. The molecule has 0 saturated carbocycles. The molecule has 0 aromatic heterocycles. The fraction of sp³-hybridized carbons (Fsp3) is 0.0526. The maximum Gasteiger partial charge on any atom is 0.258 e. The Bertz CT molecular complexity index is 1120. The first kappa shape index (κ1) is 17.9. The number of carbonyl (C=O) groups is 2. The summed E-state index contributed by atoms with van der Waals surface area (Å²) in [6, 6.07) is 6.66. The number of amides is 2. The van der Waals surface area contributed by atoms with Crippen LogP contribution >= 0.6 is 0 Å². The number of fused-ring (bicyclic) bond motifs is 1.